The normalized spacial score (nSPS) is 10.3. The van der Waals surface area contributed by atoms with Gasteiger partial charge in [0, 0.05) is 41.9 Å². The Bertz CT molecular complexity index is 652. The minimum Gasteiger partial charge on any atom is -0.477 e. The molecule has 2 rings (SSSR count). The number of rotatable bonds is 3. The van der Waals surface area contributed by atoms with Crippen LogP contribution in [0.5, 0.6) is 0 Å². The lowest BCUT2D eigenvalue weighted by Gasteiger charge is -2.07. The van der Waals surface area contributed by atoms with Crippen LogP contribution in [-0.2, 0) is 6.54 Å². The maximum absolute atomic E-state index is 11.3. The largest absolute Gasteiger partial charge is 0.477 e. The van der Waals surface area contributed by atoms with Crippen molar-refractivity contribution >= 4 is 21.9 Å². The third-order valence-corrected chi connectivity index (χ3v) is 2.77. The number of carboxylic acid groups (broad SMARTS) is 1. The second-order valence-electron chi connectivity index (χ2n) is 3.71. The van der Waals surface area contributed by atoms with Gasteiger partial charge in [-0.1, -0.05) is 0 Å². The number of aromatic nitrogens is 2. The molecule has 2 aromatic rings. The zero-order valence-electron chi connectivity index (χ0n) is 9.21. The smallest absolute Gasteiger partial charge is 0.341 e. The van der Waals surface area contributed by atoms with E-state index < -0.39 is 11.4 Å². The number of hydrogen-bond acceptors (Lipinski definition) is 3. The van der Waals surface area contributed by atoms with E-state index in [-0.39, 0.29) is 5.56 Å². The van der Waals surface area contributed by atoms with Gasteiger partial charge in [0.2, 0.25) is 0 Å². The fraction of sp³-hybridized carbons (Fsp3) is 0.0833. The lowest BCUT2D eigenvalue weighted by atomic mass is 10.2. The highest BCUT2D eigenvalue weighted by atomic mass is 79.9. The Labute approximate surface area is 111 Å². The molecule has 0 spiro atoms. The first-order valence-corrected chi connectivity index (χ1v) is 5.88. The van der Waals surface area contributed by atoms with Gasteiger partial charge in [-0.05, 0) is 27.6 Å². The lowest BCUT2D eigenvalue weighted by Crippen LogP contribution is -2.16. The summed E-state index contributed by atoms with van der Waals surface area (Å²) < 4.78 is 2.48. The van der Waals surface area contributed by atoms with Gasteiger partial charge >= 0.3 is 5.97 Å². The number of nitrogens with zero attached hydrogens (tertiary/aromatic N) is 2. The maximum Gasteiger partial charge on any atom is 0.341 e. The van der Waals surface area contributed by atoms with Crippen molar-refractivity contribution in [2.24, 2.45) is 0 Å². The summed E-state index contributed by atoms with van der Waals surface area (Å²) in [6.45, 7) is 0.451. The minimum absolute atomic E-state index is 0.236. The molecule has 6 heteroatoms. The average molecular weight is 309 g/mol. The molecule has 92 valence electrons. The number of pyridine rings is 2. The van der Waals surface area contributed by atoms with E-state index in [9.17, 15) is 9.59 Å². The van der Waals surface area contributed by atoms with E-state index in [0.29, 0.717) is 6.54 Å². The quantitative estimate of drug-likeness (QED) is 0.937. The molecule has 2 heterocycles. The van der Waals surface area contributed by atoms with E-state index in [0.717, 1.165) is 10.0 Å². The highest BCUT2D eigenvalue weighted by Crippen LogP contribution is 2.10. The van der Waals surface area contributed by atoms with Gasteiger partial charge in [-0.15, -0.1) is 0 Å². The van der Waals surface area contributed by atoms with Crippen LogP contribution in [0.3, 0.4) is 0 Å². The third kappa shape index (κ3) is 2.84. The monoisotopic (exact) mass is 308 g/mol. The molecule has 0 atom stereocenters. The Balaban J connectivity index is 2.33. The maximum atomic E-state index is 11.3. The molecule has 0 saturated carbocycles. The fourth-order valence-corrected chi connectivity index (χ4v) is 1.95. The van der Waals surface area contributed by atoms with Crippen LogP contribution < -0.4 is 5.43 Å². The summed E-state index contributed by atoms with van der Waals surface area (Å²) in [5.41, 5.74) is 0.177. The van der Waals surface area contributed by atoms with Gasteiger partial charge in [0.25, 0.3) is 0 Å². The van der Waals surface area contributed by atoms with Crippen LogP contribution in [0.25, 0.3) is 0 Å². The van der Waals surface area contributed by atoms with Gasteiger partial charge in [-0.3, -0.25) is 9.78 Å². The van der Waals surface area contributed by atoms with Crippen LogP contribution in [0.2, 0.25) is 0 Å². The Hall–Kier alpha value is -1.95. The minimum atomic E-state index is -1.22. The number of hydrogen-bond donors (Lipinski definition) is 1. The topological polar surface area (TPSA) is 72.2 Å². The molecule has 1 N–H and O–H groups in total. The summed E-state index contributed by atoms with van der Waals surface area (Å²) >= 11 is 3.31. The van der Waals surface area contributed by atoms with Crippen LogP contribution >= 0.6 is 15.9 Å². The van der Waals surface area contributed by atoms with E-state index >= 15 is 0 Å². The van der Waals surface area contributed by atoms with Gasteiger partial charge in [-0.25, -0.2) is 4.79 Å². The molecule has 0 saturated heterocycles. The number of halogens is 1. The van der Waals surface area contributed by atoms with Crippen molar-refractivity contribution in [2.45, 2.75) is 6.54 Å². The lowest BCUT2D eigenvalue weighted by molar-refractivity contribution is 0.0694. The Morgan fingerprint density at radius 2 is 2.22 bits per heavy atom. The summed E-state index contributed by atoms with van der Waals surface area (Å²) in [5, 5.41) is 8.87. The molecule has 2 aromatic heterocycles. The van der Waals surface area contributed by atoms with Crippen molar-refractivity contribution in [2.75, 3.05) is 0 Å². The molecule has 0 aromatic carbocycles. The molecule has 18 heavy (non-hydrogen) atoms. The summed E-state index contributed by atoms with van der Waals surface area (Å²) in [7, 11) is 0. The number of aromatic carboxylic acids is 1. The van der Waals surface area contributed by atoms with E-state index in [1.165, 1.54) is 12.3 Å². The Morgan fingerprint density at radius 3 is 2.89 bits per heavy atom. The second-order valence-corrected chi connectivity index (χ2v) is 4.63. The van der Waals surface area contributed by atoms with Gasteiger partial charge in [0.15, 0.2) is 5.43 Å². The SMILES string of the molecule is O=C(O)c1cn(Cc2cncc(Br)c2)ccc1=O. The van der Waals surface area contributed by atoms with E-state index in [1.54, 1.807) is 23.2 Å². The molecule has 0 aliphatic carbocycles. The van der Waals surface area contributed by atoms with Crippen molar-refractivity contribution in [3.63, 3.8) is 0 Å². The van der Waals surface area contributed by atoms with E-state index in [2.05, 4.69) is 20.9 Å². The van der Waals surface area contributed by atoms with Crippen LogP contribution in [0.15, 0.2) is 46.2 Å². The Kier molecular flexibility index (Phi) is 3.57. The van der Waals surface area contributed by atoms with Gasteiger partial charge in [0.1, 0.15) is 5.56 Å². The van der Waals surface area contributed by atoms with Gasteiger partial charge in [0.05, 0.1) is 0 Å². The average Bonchev–Trinajstić information content (AvgIpc) is 2.31. The molecule has 0 fully saturated rings. The Morgan fingerprint density at radius 1 is 1.44 bits per heavy atom. The molecule has 5 nitrogen and oxygen atoms in total. The predicted molar refractivity (Wildman–Crippen MR) is 68.7 cm³/mol. The fourth-order valence-electron chi connectivity index (χ4n) is 1.54. The predicted octanol–water partition coefficient (Wildman–Crippen LogP) is 1.75. The first-order valence-electron chi connectivity index (χ1n) is 5.09. The summed E-state index contributed by atoms with van der Waals surface area (Å²) in [5.74, 6) is -1.22. The molecule has 0 radical (unpaired) electrons. The van der Waals surface area contributed by atoms with Gasteiger partial charge in [-0.2, -0.15) is 0 Å². The summed E-state index contributed by atoms with van der Waals surface area (Å²) in [6.07, 6.45) is 6.22. The van der Waals surface area contributed by atoms with Crippen LogP contribution in [0, 0.1) is 0 Å². The van der Waals surface area contributed by atoms with E-state index in [4.69, 9.17) is 5.11 Å². The molecule has 0 aliphatic heterocycles. The molecular formula is C12H9BrN2O3. The standard InChI is InChI=1S/C12H9BrN2O3/c13-9-3-8(4-14-5-9)6-15-2-1-11(16)10(7-15)12(17)18/h1-5,7H,6H2,(H,17,18). The molecule has 0 bridgehead atoms. The molecular weight excluding hydrogens is 300 g/mol. The van der Waals surface area contributed by atoms with Gasteiger partial charge < -0.3 is 9.67 Å². The van der Waals surface area contributed by atoms with Crippen molar-refractivity contribution in [3.8, 4) is 0 Å². The summed E-state index contributed by atoms with van der Waals surface area (Å²) in [6, 6.07) is 3.13. The molecule has 0 unspecified atom stereocenters. The first-order chi connectivity index (χ1) is 8.56. The highest BCUT2D eigenvalue weighted by Gasteiger charge is 2.08. The van der Waals surface area contributed by atoms with Crippen LogP contribution in [0.4, 0.5) is 0 Å². The molecule has 0 aliphatic rings. The van der Waals surface area contributed by atoms with Crippen molar-refractivity contribution in [1.82, 2.24) is 9.55 Å². The van der Waals surface area contributed by atoms with Crippen LogP contribution in [-0.4, -0.2) is 20.6 Å². The first kappa shape index (κ1) is 12.5. The third-order valence-electron chi connectivity index (χ3n) is 2.33. The second kappa shape index (κ2) is 5.14. The number of carbonyl (C=O) groups is 1. The van der Waals surface area contributed by atoms with Crippen molar-refractivity contribution in [1.29, 1.82) is 0 Å². The number of carboxylic acids is 1. The van der Waals surface area contributed by atoms with Crippen molar-refractivity contribution in [3.05, 3.63) is 62.7 Å². The van der Waals surface area contributed by atoms with Crippen LogP contribution in [0.1, 0.15) is 15.9 Å². The zero-order chi connectivity index (χ0) is 13.1. The summed E-state index contributed by atoms with van der Waals surface area (Å²) in [4.78, 5) is 26.2. The van der Waals surface area contributed by atoms with E-state index in [1.807, 2.05) is 6.07 Å². The zero-order valence-corrected chi connectivity index (χ0v) is 10.8. The van der Waals surface area contributed by atoms with Crippen molar-refractivity contribution < 1.29 is 9.90 Å². The molecule has 0 amide bonds. The highest BCUT2D eigenvalue weighted by molar-refractivity contribution is 9.10.